The van der Waals surface area contributed by atoms with Gasteiger partial charge in [-0.2, -0.15) is 0 Å². The second kappa shape index (κ2) is 5.45. The molecule has 0 radical (unpaired) electrons. The highest BCUT2D eigenvalue weighted by atomic mass is 35.5. The van der Waals surface area contributed by atoms with Crippen molar-refractivity contribution in [3.05, 3.63) is 71.8 Å². The summed E-state index contributed by atoms with van der Waals surface area (Å²) in [6.07, 6.45) is 0. The van der Waals surface area contributed by atoms with E-state index in [-0.39, 0.29) is 0 Å². The number of oxazole rings is 1. The third-order valence-electron chi connectivity index (χ3n) is 3.74. The molecule has 4 heteroatoms. The van der Waals surface area contributed by atoms with E-state index in [1.54, 1.807) is 12.1 Å². The topological polar surface area (TPSA) is 52.0 Å². The fraction of sp³-hybridized carbons (Fsp3) is 0. The molecule has 2 N–H and O–H groups in total. The van der Waals surface area contributed by atoms with Crippen LogP contribution in [0.3, 0.4) is 0 Å². The summed E-state index contributed by atoms with van der Waals surface area (Å²) in [5.74, 6) is 0.534. The molecule has 0 saturated carbocycles. The normalized spacial score (nSPS) is 11.0. The Hall–Kier alpha value is -2.78. The van der Waals surface area contributed by atoms with E-state index in [1.807, 2.05) is 42.5 Å². The van der Waals surface area contributed by atoms with Crippen LogP contribution in [0.25, 0.3) is 33.7 Å². The lowest BCUT2D eigenvalue weighted by atomic mass is 10.1. The SMILES string of the molecule is Nc1ccc(-c2nc3cc(-c4ccccc4)ccc3o2)cc1Cl. The molecule has 0 unspecified atom stereocenters. The van der Waals surface area contributed by atoms with Crippen LogP contribution in [-0.4, -0.2) is 4.98 Å². The summed E-state index contributed by atoms with van der Waals surface area (Å²) in [5.41, 5.74) is 10.9. The van der Waals surface area contributed by atoms with E-state index in [0.29, 0.717) is 16.6 Å². The van der Waals surface area contributed by atoms with Crippen LogP contribution in [0.15, 0.2) is 71.1 Å². The Morgan fingerprint density at radius 3 is 2.39 bits per heavy atom. The van der Waals surface area contributed by atoms with Crippen LogP contribution >= 0.6 is 11.6 Å². The van der Waals surface area contributed by atoms with Crippen molar-refractivity contribution in [1.82, 2.24) is 4.98 Å². The predicted octanol–water partition coefficient (Wildman–Crippen LogP) is 5.40. The number of nitrogen functional groups attached to an aromatic ring is 1. The standard InChI is InChI=1S/C19H13ClN2O/c20-15-10-14(6-8-16(15)21)19-22-17-11-13(7-9-18(17)23-19)12-4-2-1-3-5-12/h1-11H,21H2. The lowest BCUT2D eigenvalue weighted by molar-refractivity contribution is 0.620. The largest absolute Gasteiger partial charge is 0.436 e. The van der Waals surface area contributed by atoms with Crippen molar-refractivity contribution in [2.24, 2.45) is 0 Å². The number of nitrogens with two attached hydrogens (primary N) is 1. The number of aromatic nitrogens is 1. The van der Waals surface area contributed by atoms with Gasteiger partial charge in [-0.1, -0.05) is 48.0 Å². The van der Waals surface area contributed by atoms with E-state index in [9.17, 15) is 0 Å². The van der Waals surface area contributed by atoms with Gasteiger partial charge in [0.25, 0.3) is 0 Å². The maximum absolute atomic E-state index is 6.07. The van der Waals surface area contributed by atoms with Crippen molar-refractivity contribution in [3.8, 4) is 22.6 Å². The van der Waals surface area contributed by atoms with Crippen LogP contribution in [0, 0.1) is 0 Å². The van der Waals surface area contributed by atoms with Crippen LogP contribution in [0.5, 0.6) is 0 Å². The summed E-state index contributed by atoms with van der Waals surface area (Å²) >= 11 is 6.07. The minimum Gasteiger partial charge on any atom is -0.436 e. The van der Waals surface area contributed by atoms with Crippen molar-refractivity contribution in [2.45, 2.75) is 0 Å². The molecule has 1 aromatic heterocycles. The molecule has 0 bridgehead atoms. The molecule has 0 aliphatic heterocycles. The molecule has 3 nitrogen and oxygen atoms in total. The minimum atomic E-state index is 0.495. The van der Waals surface area contributed by atoms with Gasteiger partial charge in [-0.3, -0.25) is 0 Å². The summed E-state index contributed by atoms with van der Waals surface area (Å²) in [6, 6.07) is 21.5. The third-order valence-corrected chi connectivity index (χ3v) is 4.07. The Balaban J connectivity index is 1.80. The summed E-state index contributed by atoms with van der Waals surface area (Å²) in [7, 11) is 0. The van der Waals surface area contributed by atoms with E-state index < -0.39 is 0 Å². The van der Waals surface area contributed by atoms with Crippen LogP contribution in [-0.2, 0) is 0 Å². The molecule has 0 aliphatic carbocycles. The molecule has 0 atom stereocenters. The number of fused-ring (bicyclic) bond motifs is 1. The molecule has 0 amide bonds. The summed E-state index contributed by atoms with van der Waals surface area (Å²) in [5, 5.41) is 0.495. The lowest BCUT2D eigenvalue weighted by Crippen LogP contribution is -1.86. The Labute approximate surface area is 138 Å². The smallest absolute Gasteiger partial charge is 0.227 e. The molecule has 4 rings (SSSR count). The molecular weight excluding hydrogens is 308 g/mol. The zero-order valence-corrected chi connectivity index (χ0v) is 12.9. The highest BCUT2D eigenvalue weighted by Crippen LogP contribution is 2.30. The Bertz CT molecular complexity index is 993. The van der Waals surface area contributed by atoms with E-state index in [0.717, 1.165) is 27.8 Å². The number of halogens is 1. The molecule has 4 aromatic rings. The van der Waals surface area contributed by atoms with Crippen molar-refractivity contribution < 1.29 is 4.42 Å². The van der Waals surface area contributed by atoms with Crippen LogP contribution < -0.4 is 5.73 Å². The zero-order valence-electron chi connectivity index (χ0n) is 12.2. The first-order valence-corrected chi connectivity index (χ1v) is 7.60. The van der Waals surface area contributed by atoms with Gasteiger partial charge in [0, 0.05) is 5.56 Å². The van der Waals surface area contributed by atoms with Crippen LogP contribution in [0.2, 0.25) is 5.02 Å². The number of benzene rings is 3. The molecule has 23 heavy (non-hydrogen) atoms. The van der Waals surface area contributed by atoms with Gasteiger partial charge < -0.3 is 10.2 Å². The highest BCUT2D eigenvalue weighted by molar-refractivity contribution is 6.33. The van der Waals surface area contributed by atoms with Gasteiger partial charge in [0.2, 0.25) is 5.89 Å². The number of nitrogens with zero attached hydrogens (tertiary/aromatic N) is 1. The van der Waals surface area contributed by atoms with Crippen molar-refractivity contribution in [2.75, 3.05) is 5.73 Å². The monoisotopic (exact) mass is 320 g/mol. The first kappa shape index (κ1) is 13.9. The van der Waals surface area contributed by atoms with Gasteiger partial charge in [-0.25, -0.2) is 4.98 Å². The second-order valence-corrected chi connectivity index (χ2v) is 5.71. The molecule has 0 fully saturated rings. The summed E-state index contributed by atoms with van der Waals surface area (Å²) < 4.78 is 5.83. The van der Waals surface area contributed by atoms with Gasteiger partial charge in [0.15, 0.2) is 5.58 Å². The Morgan fingerprint density at radius 1 is 0.826 bits per heavy atom. The molecule has 3 aromatic carbocycles. The van der Waals surface area contributed by atoms with Crippen molar-refractivity contribution in [1.29, 1.82) is 0 Å². The first-order chi connectivity index (χ1) is 11.2. The van der Waals surface area contributed by atoms with E-state index >= 15 is 0 Å². The Kier molecular flexibility index (Phi) is 3.28. The molecular formula is C19H13ClN2O. The van der Waals surface area contributed by atoms with Gasteiger partial charge >= 0.3 is 0 Å². The van der Waals surface area contributed by atoms with Crippen molar-refractivity contribution >= 4 is 28.4 Å². The summed E-state index contributed by atoms with van der Waals surface area (Å²) in [6.45, 7) is 0. The van der Waals surface area contributed by atoms with Crippen molar-refractivity contribution in [3.63, 3.8) is 0 Å². The molecule has 0 spiro atoms. The third kappa shape index (κ3) is 2.56. The maximum Gasteiger partial charge on any atom is 0.227 e. The lowest BCUT2D eigenvalue weighted by Gasteiger charge is -1.99. The highest BCUT2D eigenvalue weighted by Gasteiger charge is 2.10. The fourth-order valence-electron chi connectivity index (χ4n) is 2.52. The van der Waals surface area contributed by atoms with E-state index in [4.69, 9.17) is 21.8 Å². The van der Waals surface area contributed by atoms with E-state index in [2.05, 4.69) is 17.1 Å². The maximum atomic E-state index is 6.07. The number of hydrogen-bond acceptors (Lipinski definition) is 3. The Morgan fingerprint density at radius 2 is 1.61 bits per heavy atom. The van der Waals surface area contributed by atoms with Gasteiger partial charge in [0.1, 0.15) is 5.52 Å². The number of hydrogen-bond donors (Lipinski definition) is 1. The second-order valence-electron chi connectivity index (χ2n) is 5.30. The quantitative estimate of drug-likeness (QED) is 0.503. The van der Waals surface area contributed by atoms with E-state index in [1.165, 1.54) is 0 Å². The molecule has 112 valence electrons. The first-order valence-electron chi connectivity index (χ1n) is 7.22. The summed E-state index contributed by atoms with van der Waals surface area (Å²) in [4.78, 5) is 4.57. The zero-order chi connectivity index (χ0) is 15.8. The number of anilines is 1. The van der Waals surface area contributed by atoms with Gasteiger partial charge in [-0.15, -0.1) is 0 Å². The van der Waals surface area contributed by atoms with Crippen LogP contribution in [0.4, 0.5) is 5.69 Å². The predicted molar refractivity (Wildman–Crippen MR) is 94.3 cm³/mol. The molecule has 1 heterocycles. The van der Waals surface area contributed by atoms with Crippen LogP contribution in [0.1, 0.15) is 0 Å². The van der Waals surface area contributed by atoms with Gasteiger partial charge in [0.05, 0.1) is 10.7 Å². The minimum absolute atomic E-state index is 0.495. The average Bonchev–Trinajstić information content (AvgIpc) is 3.01. The number of rotatable bonds is 2. The average molecular weight is 321 g/mol. The fourth-order valence-corrected chi connectivity index (χ4v) is 2.70. The molecule has 0 aliphatic rings. The molecule has 0 saturated heterocycles. The van der Waals surface area contributed by atoms with Gasteiger partial charge in [-0.05, 0) is 41.5 Å².